The molecule has 0 aliphatic heterocycles. The van der Waals surface area contributed by atoms with Gasteiger partial charge >= 0.3 is 11.6 Å². The molecule has 0 fully saturated rings. The van der Waals surface area contributed by atoms with Crippen LogP contribution in [0.3, 0.4) is 0 Å². The summed E-state index contributed by atoms with van der Waals surface area (Å²) >= 11 is 0. The van der Waals surface area contributed by atoms with E-state index in [4.69, 9.17) is 20.0 Å². The van der Waals surface area contributed by atoms with Crippen molar-refractivity contribution in [1.29, 1.82) is 10.5 Å². The number of benzene rings is 1. The molecule has 3 aromatic rings. The summed E-state index contributed by atoms with van der Waals surface area (Å²) < 4.78 is 6.68. The molecule has 0 atom stereocenters. The first-order valence-corrected chi connectivity index (χ1v) is 7.86. The molecule has 2 heterocycles. The van der Waals surface area contributed by atoms with Crippen LogP contribution < -0.4 is 5.63 Å². The van der Waals surface area contributed by atoms with E-state index in [2.05, 4.69) is 5.10 Å². The standard InChI is InChI=1S/C19H12N4O4/c20-9-12(10-21)7-14-11-23(6-5-17(24)25)22-18(14)15-8-13-3-1-2-4-16(13)27-19(15)26/h1-4,7-8,11H,5-6H2,(H,24,25). The molecule has 27 heavy (non-hydrogen) atoms. The lowest BCUT2D eigenvalue weighted by Gasteiger charge is -2.01. The Balaban J connectivity index is 2.19. The highest BCUT2D eigenvalue weighted by molar-refractivity contribution is 5.83. The van der Waals surface area contributed by atoms with Crippen LogP contribution in [0.4, 0.5) is 0 Å². The highest BCUT2D eigenvalue weighted by Crippen LogP contribution is 2.25. The van der Waals surface area contributed by atoms with Crippen molar-refractivity contribution in [3.8, 4) is 23.4 Å². The average molecular weight is 360 g/mol. The first-order chi connectivity index (χ1) is 13.0. The molecule has 8 heteroatoms. The molecule has 0 saturated heterocycles. The molecule has 3 rings (SSSR count). The van der Waals surface area contributed by atoms with Crippen molar-refractivity contribution < 1.29 is 14.3 Å². The van der Waals surface area contributed by atoms with Gasteiger partial charge in [0, 0.05) is 17.1 Å². The van der Waals surface area contributed by atoms with Crippen LogP contribution in [0.25, 0.3) is 28.3 Å². The van der Waals surface area contributed by atoms with E-state index in [1.54, 1.807) is 42.5 Å². The Labute approximate surface area is 152 Å². The number of hydrogen-bond acceptors (Lipinski definition) is 6. The number of aromatic nitrogens is 2. The minimum atomic E-state index is -0.996. The van der Waals surface area contributed by atoms with E-state index in [-0.39, 0.29) is 29.8 Å². The van der Waals surface area contributed by atoms with Crippen molar-refractivity contribution in [2.45, 2.75) is 13.0 Å². The predicted molar refractivity (Wildman–Crippen MR) is 95.2 cm³/mol. The Hall–Kier alpha value is -4.17. The fourth-order valence-electron chi connectivity index (χ4n) is 2.55. The number of nitriles is 2. The number of rotatable bonds is 5. The van der Waals surface area contributed by atoms with Crippen LogP contribution in [-0.2, 0) is 11.3 Å². The number of para-hydroxylation sites is 1. The first kappa shape index (κ1) is 17.6. The Kier molecular flexibility index (Phi) is 4.82. The number of aryl methyl sites for hydroxylation is 1. The minimum absolute atomic E-state index is 0.0729. The number of carboxylic acids is 1. The molecule has 0 radical (unpaired) electrons. The van der Waals surface area contributed by atoms with Crippen LogP contribution >= 0.6 is 0 Å². The Morgan fingerprint density at radius 1 is 1.30 bits per heavy atom. The lowest BCUT2D eigenvalue weighted by Crippen LogP contribution is -2.07. The molecule has 0 bridgehead atoms. The summed E-state index contributed by atoms with van der Waals surface area (Å²) in [6.07, 6.45) is 2.62. The predicted octanol–water partition coefficient (Wildman–Crippen LogP) is 2.56. The largest absolute Gasteiger partial charge is 0.481 e. The maximum atomic E-state index is 12.4. The first-order valence-electron chi connectivity index (χ1n) is 7.86. The number of fused-ring (bicyclic) bond motifs is 1. The highest BCUT2D eigenvalue weighted by Gasteiger charge is 2.16. The summed E-state index contributed by atoms with van der Waals surface area (Å²) in [7, 11) is 0. The van der Waals surface area contributed by atoms with Crippen LogP contribution in [0.1, 0.15) is 12.0 Å². The Morgan fingerprint density at radius 3 is 2.74 bits per heavy atom. The van der Waals surface area contributed by atoms with E-state index in [9.17, 15) is 9.59 Å². The number of carboxylic acid groups (broad SMARTS) is 1. The van der Waals surface area contributed by atoms with Gasteiger partial charge in [-0.15, -0.1) is 0 Å². The second-order valence-electron chi connectivity index (χ2n) is 5.61. The third-order valence-corrected chi connectivity index (χ3v) is 3.78. The zero-order valence-corrected chi connectivity index (χ0v) is 13.9. The van der Waals surface area contributed by atoms with Gasteiger partial charge in [0.1, 0.15) is 29.0 Å². The Morgan fingerprint density at radius 2 is 2.04 bits per heavy atom. The van der Waals surface area contributed by atoms with Crippen LogP contribution in [0, 0.1) is 22.7 Å². The van der Waals surface area contributed by atoms with Crippen molar-refractivity contribution in [3.63, 3.8) is 0 Å². The smallest absolute Gasteiger partial charge is 0.345 e. The third kappa shape index (κ3) is 3.75. The summed E-state index contributed by atoms with van der Waals surface area (Å²) in [5, 5.41) is 31.8. The van der Waals surface area contributed by atoms with Crippen molar-refractivity contribution >= 4 is 23.0 Å². The quantitative estimate of drug-likeness (QED) is 0.546. The van der Waals surface area contributed by atoms with E-state index in [0.29, 0.717) is 16.5 Å². The summed E-state index contributed by atoms with van der Waals surface area (Å²) in [6.45, 7) is 0.0729. The molecular weight excluding hydrogens is 348 g/mol. The van der Waals surface area contributed by atoms with Gasteiger partial charge in [-0.3, -0.25) is 9.48 Å². The van der Waals surface area contributed by atoms with Crippen molar-refractivity contribution in [2.75, 3.05) is 0 Å². The molecule has 0 aliphatic rings. The molecular formula is C19H12N4O4. The summed E-state index contributed by atoms with van der Waals surface area (Å²) in [5.41, 5.74) is 0.345. The normalized spacial score (nSPS) is 10.1. The van der Waals surface area contributed by atoms with Gasteiger partial charge < -0.3 is 9.52 Å². The Bertz CT molecular complexity index is 1190. The zero-order chi connectivity index (χ0) is 19.4. The summed E-state index contributed by atoms with van der Waals surface area (Å²) in [6, 6.07) is 12.1. The fourth-order valence-corrected chi connectivity index (χ4v) is 2.55. The topological polar surface area (TPSA) is 133 Å². The van der Waals surface area contributed by atoms with Crippen molar-refractivity contribution in [2.24, 2.45) is 0 Å². The van der Waals surface area contributed by atoms with E-state index in [1.165, 1.54) is 17.0 Å². The second kappa shape index (κ2) is 7.38. The minimum Gasteiger partial charge on any atom is -0.481 e. The third-order valence-electron chi connectivity index (χ3n) is 3.78. The maximum Gasteiger partial charge on any atom is 0.345 e. The maximum absolute atomic E-state index is 12.4. The molecule has 0 aliphatic carbocycles. The van der Waals surface area contributed by atoms with Crippen LogP contribution in [-0.4, -0.2) is 20.9 Å². The zero-order valence-electron chi connectivity index (χ0n) is 13.9. The average Bonchev–Trinajstić information content (AvgIpc) is 3.06. The number of allylic oxidation sites excluding steroid dienone is 1. The van der Waals surface area contributed by atoms with Crippen molar-refractivity contribution in [3.05, 3.63) is 58.1 Å². The van der Waals surface area contributed by atoms with E-state index >= 15 is 0 Å². The lowest BCUT2D eigenvalue weighted by molar-refractivity contribution is -0.137. The lowest BCUT2D eigenvalue weighted by atomic mass is 10.1. The molecule has 0 spiro atoms. The van der Waals surface area contributed by atoms with Gasteiger partial charge in [-0.1, -0.05) is 18.2 Å². The van der Waals surface area contributed by atoms with Gasteiger partial charge in [0.15, 0.2) is 0 Å². The number of aliphatic carboxylic acids is 1. The monoisotopic (exact) mass is 360 g/mol. The molecule has 2 aromatic heterocycles. The molecule has 1 N–H and O–H groups in total. The number of carbonyl (C=O) groups is 1. The molecule has 1 aromatic carbocycles. The van der Waals surface area contributed by atoms with E-state index in [0.717, 1.165) is 0 Å². The fraction of sp³-hybridized carbons (Fsp3) is 0.105. The van der Waals surface area contributed by atoms with Crippen LogP contribution in [0.15, 0.2) is 51.3 Å². The SMILES string of the molecule is N#CC(C#N)=Cc1cn(CCC(=O)O)nc1-c1cc2ccccc2oc1=O. The van der Waals surface area contributed by atoms with E-state index in [1.807, 2.05) is 0 Å². The van der Waals surface area contributed by atoms with Gasteiger partial charge in [0.05, 0.1) is 18.5 Å². The van der Waals surface area contributed by atoms with Crippen LogP contribution in [0.5, 0.6) is 0 Å². The summed E-state index contributed by atoms with van der Waals surface area (Å²) in [5.74, 6) is -0.996. The van der Waals surface area contributed by atoms with Gasteiger partial charge in [-0.25, -0.2) is 4.79 Å². The van der Waals surface area contributed by atoms with Gasteiger partial charge in [-0.05, 0) is 18.2 Å². The summed E-state index contributed by atoms with van der Waals surface area (Å²) in [4.78, 5) is 23.2. The highest BCUT2D eigenvalue weighted by atomic mass is 16.4. The molecule has 132 valence electrons. The van der Waals surface area contributed by atoms with Gasteiger partial charge in [0.2, 0.25) is 0 Å². The van der Waals surface area contributed by atoms with Gasteiger partial charge in [-0.2, -0.15) is 15.6 Å². The molecule has 0 amide bonds. The molecule has 0 unspecified atom stereocenters. The van der Waals surface area contributed by atoms with Crippen molar-refractivity contribution in [1.82, 2.24) is 9.78 Å². The van der Waals surface area contributed by atoms with Crippen LogP contribution in [0.2, 0.25) is 0 Å². The second-order valence-corrected chi connectivity index (χ2v) is 5.61. The van der Waals surface area contributed by atoms with E-state index < -0.39 is 11.6 Å². The molecule has 0 saturated carbocycles. The molecule has 8 nitrogen and oxygen atoms in total. The van der Waals surface area contributed by atoms with Gasteiger partial charge in [0.25, 0.3) is 0 Å². The number of nitrogens with zero attached hydrogens (tertiary/aromatic N) is 4. The number of hydrogen-bond donors (Lipinski definition) is 1.